The molecule has 0 N–H and O–H groups in total. The van der Waals surface area contributed by atoms with Gasteiger partial charge in [-0.2, -0.15) is 0 Å². The molecule has 5 heteroatoms. The van der Waals surface area contributed by atoms with Crippen LogP contribution >= 0.6 is 10.7 Å². The van der Waals surface area contributed by atoms with E-state index < -0.39 is 10.3 Å². The third kappa shape index (κ3) is 6.36. The molecule has 0 aromatic rings. The molecule has 0 aliphatic rings. The summed E-state index contributed by atoms with van der Waals surface area (Å²) < 4.78 is 18.9. The lowest BCUT2D eigenvalue weighted by Gasteiger charge is -1.93. The topological polar surface area (TPSA) is 35.5 Å². The molecule has 0 saturated heterocycles. The second-order valence-electron chi connectivity index (χ2n) is 1.01. The van der Waals surface area contributed by atoms with Crippen LogP contribution in [-0.4, -0.2) is 24.5 Å². The van der Waals surface area contributed by atoms with Crippen molar-refractivity contribution < 1.29 is 13.1 Å². The van der Waals surface area contributed by atoms with E-state index >= 15 is 0 Å². The van der Waals surface area contributed by atoms with E-state index in [9.17, 15) is 4.21 Å². The van der Waals surface area contributed by atoms with Gasteiger partial charge in [0.1, 0.15) is 0 Å². The first kappa shape index (κ1) is 8.36. The zero-order valence-electron chi connectivity index (χ0n) is 4.43. The summed E-state index contributed by atoms with van der Waals surface area (Å²) in [6, 6.07) is 0. The first-order valence-corrected chi connectivity index (χ1v) is 3.87. The fraction of sp³-hybridized carbons (Fsp3) is 1.00. The normalized spacial score (nSPS) is 13.8. The zero-order valence-corrected chi connectivity index (χ0v) is 6.00. The van der Waals surface area contributed by atoms with Crippen LogP contribution in [0.25, 0.3) is 0 Å². The molecule has 0 aliphatic carbocycles. The van der Waals surface area contributed by atoms with Crippen LogP contribution in [0.5, 0.6) is 0 Å². The first-order chi connectivity index (χ1) is 3.77. The van der Waals surface area contributed by atoms with Crippen molar-refractivity contribution >= 4 is 21.0 Å². The lowest BCUT2D eigenvalue weighted by atomic mass is 10.8. The summed E-state index contributed by atoms with van der Waals surface area (Å²) in [5.41, 5.74) is 0. The highest BCUT2D eigenvalue weighted by atomic mass is 35.7. The smallest absolute Gasteiger partial charge is 0.256 e. The maximum absolute atomic E-state index is 9.92. The van der Waals surface area contributed by atoms with Crippen molar-refractivity contribution in [2.24, 2.45) is 0 Å². The van der Waals surface area contributed by atoms with Crippen LogP contribution in [0.4, 0.5) is 0 Å². The largest absolute Gasteiger partial charge is 0.382 e. The summed E-state index contributed by atoms with van der Waals surface area (Å²) in [4.78, 5) is 0. The van der Waals surface area contributed by atoms with Gasteiger partial charge >= 0.3 is 0 Å². The van der Waals surface area contributed by atoms with Gasteiger partial charge in [0, 0.05) is 17.8 Å². The van der Waals surface area contributed by atoms with E-state index in [1.165, 1.54) is 7.11 Å². The molecular weight excluding hydrogens is 152 g/mol. The molecule has 0 spiro atoms. The van der Waals surface area contributed by atoms with Crippen LogP contribution in [0.2, 0.25) is 0 Å². The summed E-state index contributed by atoms with van der Waals surface area (Å²) in [5.74, 6) is 0. The summed E-state index contributed by atoms with van der Waals surface area (Å²) in [5, 5.41) is 0. The molecule has 0 aliphatic heterocycles. The third-order valence-corrected chi connectivity index (χ3v) is 1.08. The van der Waals surface area contributed by atoms with E-state index in [0.717, 1.165) is 0 Å². The van der Waals surface area contributed by atoms with Gasteiger partial charge in [-0.1, -0.05) is 0 Å². The molecule has 1 unspecified atom stereocenters. The maximum Gasteiger partial charge on any atom is 0.256 e. The molecule has 0 amide bonds. The van der Waals surface area contributed by atoms with Gasteiger partial charge in [0.2, 0.25) is 0 Å². The maximum atomic E-state index is 9.92. The average molecular weight is 159 g/mol. The van der Waals surface area contributed by atoms with Crippen molar-refractivity contribution in [3.8, 4) is 0 Å². The fourth-order valence-corrected chi connectivity index (χ4v) is 0.571. The monoisotopic (exact) mass is 158 g/mol. The number of hydrogen-bond acceptors (Lipinski definition) is 3. The van der Waals surface area contributed by atoms with E-state index in [-0.39, 0.29) is 6.61 Å². The Bertz CT molecular complexity index is 76.9. The average Bonchev–Trinajstić information content (AvgIpc) is 1.66. The molecule has 3 nitrogen and oxygen atoms in total. The van der Waals surface area contributed by atoms with Gasteiger partial charge in [0.15, 0.2) is 0 Å². The minimum atomic E-state index is -1.67. The highest BCUT2D eigenvalue weighted by Gasteiger charge is 1.89. The zero-order chi connectivity index (χ0) is 6.41. The Morgan fingerprint density at radius 2 is 2.25 bits per heavy atom. The minimum absolute atomic E-state index is 0.270. The van der Waals surface area contributed by atoms with Gasteiger partial charge in [-0.15, -0.1) is 0 Å². The van der Waals surface area contributed by atoms with Gasteiger partial charge in [0.25, 0.3) is 10.3 Å². The standard InChI is InChI=1S/C3H7ClO3S/c1-6-2-3-7-8(4)5/h2-3H2,1H3. The van der Waals surface area contributed by atoms with E-state index in [2.05, 4.69) is 8.92 Å². The van der Waals surface area contributed by atoms with Crippen LogP contribution < -0.4 is 0 Å². The molecule has 0 rings (SSSR count). The van der Waals surface area contributed by atoms with Crippen molar-refractivity contribution in [1.82, 2.24) is 0 Å². The highest BCUT2D eigenvalue weighted by Crippen LogP contribution is 1.88. The number of ether oxygens (including phenoxy) is 1. The summed E-state index contributed by atoms with van der Waals surface area (Å²) >= 11 is 0. The van der Waals surface area contributed by atoms with E-state index in [1.54, 1.807) is 0 Å². The molecule has 0 saturated carbocycles. The highest BCUT2D eigenvalue weighted by molar-refractivity contribution is 8.04. The Hall–Kier alpha value is 0.360. The Kier molecular flexibility index (Phi) is 5.74. The molecule has 8 heavy (non-hydrogen) atoms. The molecule has 0 aromatic heterocycles. The quantitative estimate of drug-likeness (QED) is 0.441. The lowest BCUT2D eigenvalue weighted by Crippen LogP contribution is -2.00. The van der Waals surface area contributed by atoms with Crippen LogP contribution in [0, 0.1) is 0 Å². The second-order valence-corrected chi connectivity index (χ2v) is 2.39. The van der Waals surface area contributed by atoms with Crippen molar-refractivity contribution in [3.05, 3.63) is 0 Å². The van der Waals surface area contributed by atoms with Crippen LogP contribution in [-0.2, 0) is 19.2 Å². The summed E-state index contributed by atoms with van der Waals surface area (Å²) in [6.45, 7) is 0.686. The number of halogens is 1. The van der Waals surface area contributed by atoms with E-state index in [0.29, 0.717) is 6.61 Å². The lowest BCUT2D eigenvalue weighted by molar-refractivity contribution is 0.154. The Morgan fingerprint density at radius 1 is 1.62 bits per heavy atom. The van der Waals surface area contributed by atoms with Gasteiger partial charge in [-0.25, -0.2) is 4.21 Å². The third-order valence-electron chi connectivity index (χ3n) is 0.463. The molecule has 1 atom stereocenters. The Balaban J connectivity index is 2.82. The Morgan fingerprint density at radius 3 is 2.62 bits per heavy atom. The summed E-state index contributed by atoms with van der Waals surface area (Å²) in [7, 11) is 4.76. The van der Waals surface area contributed by atoms with Crippen molar-refractivity contribution in [2.75, 3.05) is 20.3 Å². The second kappa shape index (κ2) is 5.50. The van der Waals surface area contributed by atoms with Gasteiger partial charge in [-0.3, -0.25) is 4.18 Å². The minimum Gasteiger partial charge on any atom is -0.382 e. The van der Waals surface area contributed by atoms with Crippen molar-refractivity contribution in [2.45, 2.75) is 0 Å². The Labute approximate surface area is 55.1 Å². The molecule has 0 fully saturated rings. The van der Waals surface area contributed by atoms with Gasteiger partial charge in [0.05, 0.1) is 13.2 Å². The number of methoxy groups -OCH3 is 1. The molecular formula is C3H7ClO3S. The SMILES string of the molecule is COCCOS(=O)Cl. The fourth-order valence-electron chi connectivity index (χ4n) is 0.183. The van der Waals surface area contributed by atoms with Gasteiger partial charge in [-0.05, 0) is 0 Å². The van der Waals surface area contributed by atoms with E-state index in [4.69, 9.17) is 10.7 Å². The van der Waals surface area contributed by atoms with Crippen molar-refractivity contribution in [1.29, 1.82) is 0 Å². The van der Waals surface area contributed by atoms with Crippen LogP contribution in [0.1, 0.15) is 0 Å². The molecule has 0 bridgehead atoms. The number of hydrogen-bond donors (Lipinski definition) is 0. The predicted molar refractivity (Wildman–Crippen MR) is 31.8 cm³/mol. The van der Waals surface area contributed by atoms with Crippen LogP contribution in [0.3, 0.4) is 0 Å². The number of rotatable bonds is 4. The molecule has 0 heterocycles. The summed E-state index contributed by atoms with van der Waals surface area (Å²) in [6.07, 6.45) is 0. The first-order valence-electron chi connectivity index (χ1n) is 1.97. The predicted octanol–water partition coefficient (Wildman–Crippen LogP) is 0.467. The molecule has 0 radical (unpaired) electrons. The van der Waals surface area contributed by atoms with Gasteiger partial charge < -0.3 is 4.74 Å². The molecule has 0 aromatic carbocycles. The van der Waals surface area contributed by atoms with Crippen LogP contribution in [0.15, 0.2) is 0 Å². The molecule has 50 valence electrons. The van der Waals surface area contributed by atoms with Crippen molar-refractivity contribution in [3.63, 3.8) is 0 Å². The van der Waals surface area contributed by atoms with E-state index in [1.807, 2.05) is 0 Å².